The fraction of sp³-hybridized carbons (Fsp3) is 0.378. The van der Waals surface area contributed by atoms with Gasteiger partial charge in [-0.2, -0.15) is 0 Å². The zero-order chi connectivity index (χ0) is 26.4. The smallest absolute Gasteiger partial charge is 0.358 e. The first kappa shape index (κ1) is 40.9. The molecule has 0 radical (unpaired) electrons. The standard InChI is InChI=1S/C29H31.3C2H6.2CH3.Y/c1-5-22-12-13-25(19-22)23-14-16-24(17-15-23)27-9-7-10-28-26(8-6-11-29(27)28)18-21(4)20(2)3;3*1-2;;;/h5-17,20-21H,18-19H2,1-4H3;3*1-2H3;2*1H3;/q-1;;;;2*-1;+3. The predicted octanol–water partition coefficient (Wildman–Crippen LogP) is 12.3. The molecule has 0 spiro atoms. The van der Waals surface area contributed by atoms with Crippen molar-refractivity contribution in [3.8, 4) is 11.1 Å². The van der Waals surface area contributed by atoms with Gasteiger partial charge in [0.1, 0.15) is 0 Å². The quantitative estimate of drug-likeness (QED) is 0.251. The van der Waals surface area contributed by atoms with Crippen molar-refractivity contribution in [1.29, 1.82) is 0 Å². The van der Waals surface area contributed by atoms with Crippen LogP contribution in [-0.4, -0.2) is 0 Å². The van der Waals surface area contributed by atoms with Crippen LogP contribution in [0.2, 0.25) is 0 Å². The van der Waals surface area contributed by atoms with Crippen molar-refractivity contribution in [3.63, 3.8) is 0 Å². The summed E-state index contributed by atoms with van der Waals surface area (Å²) >= 11 is 0. The maximum atomic E-state index is 2.36. The maximum absolute atomic E-state index is 2.36. The van der Waals surface area contributed by atoms with E-state index >= 15 is 0 Å². The first-order chi connectivity index (χ1) is 17.1. The van der Waals surface area contributed by atoms with Gasteiger partial charge in [-0.3, -0.25) is 0 Å². The van der Waals surface area contributed by atoms with E-state index in [2.05, 4.69) is 107 Å². The number of hydrogen-bond acceptors (Lipinski definition) is 0. The van der Waals surface area contributed by atoms with Crippen LogP contribution in [0.15, 0.2) is 78.4 Å². The van der Waals surface area contributed by atoms with Crippen molar-refractivity contribution in [2.75, 3.05) is 0 Å². The number of fused-ring (bicyclic) bond motifs is 1. The van der Waals surface area contributed by atoms with Gasteiger partial charge in [-0.1, -0.05) is 129 Å². The molecule has 0 nitrogen and oxygen atoms in total. The fourth-order valence-electron chi connectivity index (χ4n) is 4.19. The third kappa shape index (κ3) is 10.9. The molecule has 1 heteroatoms. The minimum absolute atomic E-state index is 0. The molecule has 4 rings (SSSR count). The summed E-state index contributed by atoms with van der Waals surface area (Å²) in [6, 6.07) is 22.7. The molecule has 0 heterocycles. The molecular formula is C37H55Y. The van der Waals surface area contributed by atoms with Crippen molar-refractivity contribution in [2.24, 2.45) is 11.8 Å². The van der Waals surface area contributed by atoms with E-state index in [1.54, 1.807) is 0 Å². The summed E-state index contributed by atoms with van der Waals surface area (Å²) in [5.41, 5.74) is 8.23. The van der Waals surface area contributed by atoms with E-state index in [1.807, 2.05) is 41.5 Å². The third-order valence-corrected chi connectivity index (χ3v) is 6.52. The number of rotatable bonds is 6. The van der Waals surface area contributed by atoms with Crippen molar-refractivity contribution >= 4 is 16.3 Å². The van der Waals surface area contributed by atoms with Gasteiger partial charge in [0, 0.05) is 0 Å². The van der Waals surface area contributed by atoms with Gasteiger partial charge in [-0.15, -0.1) is 13.0 Å². The molecule has 0 N–H and O–H groups in total. The molecule has 1 unspecified atom stereocenters. The molecule has 0 aliphatic heterocycles. The minimum Gasteiger partial charge on any atom is -0.358 e. The Balaban J connectivity index is -0.00000127. The van der Waals surface area contributed by atoms with E-state index in [-0.39, 0.29) is 47.6 Å². The Kier molecular flexibility index (Phi) is 23.9. The Labute approximate surface area is 263 Å². The van der Waals surface area contributed by atoms with Crippen LogP contribution in [0.25, 0.3) is 27.5 Å². The molecule has 1 aliphatic rings. The van der Waals surface area contributed by atoms with Gasteiger partial charge in [0.25, 0.3) is 0 Å². The molecule has 3 aromatic carbocycles. The molecule has 38 heavy (non-hydrogen) atoms. The maximum Gasteiger partial charge on any atom is 3.00 e. The first-order valence-electron chi connectivity index (χ1n) is 13.9. The third-order valence-electron chi connectivity index (χ3n) is 6.52. The van der Waals surface area contributed by atoms with Gasteiger partial charge in [-0.25, -0.2) is 18.1 Å². The molecular weight excluding hydrogens is 533 g/mol. The van der Waals surface area contributed by atoms with Crippen LogP contribution in [0, 0.1) is 33.1 Å². The summed E-state index contributed by atoms with van der Waals surface area (Å²) in [5.74, 6) is 1.38. The van der Waals surface area contributed by atoms with Crippen molar-refractivity contribution in [2.45, 2.75) is 82.1 Å². The Bertz CT molecular complexity index is 1070. The summed E-state index contributed by atoms with van der Waals surface area (Å²) in [4.78, 5) is 0. The van der Waals surface area contributed by atoms with E-state index in [0.717, 1.165) is 12.8 Å². The summed E-state index contributed by atoms with van der Waals surface area (Å²) in [6.07, 6.45) is 8.86. The molecule has 206 valence electrons. The van der Waals surface area contributed by atoms with Gasteiger partial charge in [0.15, 0.2) is 0 Å². The van der Waals surface area contributed by atoms with Crippen LogP contribution in [0.5, 0.6) is 0 Å². The number of allylic oxidation sites excluding steroid dienone is 4. The largest absolute Gasteiger partial charge is 3.00 e. The van der Waals surface area contributed by atoms with Crippen molar-refractivity contribution < 1.29 is 32.7 Å². The summed E-state index contributed by atoms with van der Waals surface area (Å²) in [7, 11) is 0. The summed E-state index contributed by atoms with van der Waals surface area (Å²) in [6.45, 7) is 21.1. The monoisotopic (exact) mass is 588 g/mol. The van der Waals surface area contributed by atoms with Gasteiger partial charge in [0.05, 0.1) is 0 Å². The van der Waals surface area contributed by atoms with Crippen LogP contribution in [0.4, 0.5) is 0 Å². The van der Waals surface area contributed by atoms with E-state index in [0.29, 0.717) is 11.8 Å². The normalized spacial score (nSPS) is 11.8. The predicted molar refractivity (Wildman–Crippen MR) is 175 cm³/mol. The molecule has 0 aromatic heterocycles. The van der Waals surface area contributed by atoms with Crippen LogP contribution < -0.4 is 0 Å². The second kappa shape index (κ2) is 22.2. The van der Waals surface area contributed by atoms with Gasteiger partial charge >= 0.3 is 32.7 Å². The minimum atomic E-state index is 0. The molecule has 0 bridgehead atoms. The molecule has 1 aliphatic carbocycles. The van der Waals surface area contributed by atoms with E-state index in [1.165, 1.54) is 44.2 Å². The van der Waals surface area contributed by atoms with Crippen LogP contribution in [0.1, 0.15) is 86.8 Å². The van der Waals surface area contributed by atoms with E-state index in [4.69, 9.17) is 0 Å². The Hall–Kier alpha value is -1.63. The zero-order valence-electron chi connectivity index (χ0n) is 26.7. The average molecular weight is 589 g/mol. The fourth-order valence-corrected chi connectivity index (χ4v) is 4.19. The van der Waals surface area contributed by atoms with E-state index < -0.39 is 0 Å². The SMILES string of the molecule is CC.CC.CC.C[CH-]C1=CC=C(c2ccc(-c3cccc4c(CC(C)C(C)C)cccc34)cc2)C1.[CH3-].[CH3-].[Y+3]. The van der Waals surface area contributed by atoms with Gasteiger partial charge in [0.2, 0.25) is 0 Å². The molecule has 0 amide bonds. The van der Waals surface area contributed by atoms with Gasteiger partial charge in [-0.05, 0) is 57.7 Å². The topological polar surface area (TPSA) is 0 Å². The molecule has 0 saturated carbocycles. The molecule has 3 aromatic rings. The van der Waals surface area contributed by atoms with Crippen LogP contribution >= 0.6 is 0 Å². The number of hydrogen-bond donors (Lipinski definition) is 0. The van der Waals surface area contributed by atoms with Crippen molar-refractivity contribution in [3.05, 3.63) is 111 Å². The van der Waals surface area contributed by atoms with Crippen molar-refractivity contribution in [1.82, 2.24) is 0 Å². The Morgan fingerprint density at radius 2 is 1.21 bits per heavy atom. The van der Waals surface area contributed by atoms with Crippen LogP contribution in [0.3, 0.4) is 0 Å². The summed E-state index contributed by atoms with van der Waals surface area (Å²) in [5, 5.41) is 2.76. The second-order valence-corrected chi connectivity index (χ2v) is 8.72. The molecule has 0 saturated heterocycles. The number of benzene rings is 3. The second-order valence-electron chi connectivity index (χ2n) is 8.72. The molecule has 0 fully saturated rings. The van der Waals surface area contributed by atoms with E-state index in [9.17, 15) is 0 Å². The van der Waals surface area contributed by atoms with Crippen LogP contribution in [-0.2, 0) is 39.1 Å². The summed E-state index contributed by atoms with van der Waals surface area (Å²) < 4.78 is 0. The Morgan fingerprint density at radius 3 is 1.74 bits per heavy atom. The van der Waals surface area contributed by atoms with Gasteiger partial charge < -0.3 is 14.9 Å². The Morgan fingerprint density at radius 1 is 0.684 bits per heavy atom. The zero-order valence-corrected chi connectivity index (χ0v) is 29.5. The molecule has 1 atom stereocenters. The average Bonchev–Trinajstić information content (AvgIpc) is 3.41. The first-order valence-corrected chi connectivity index (χ1v) is 13.9.